The monoisotopic (exact) mass is 315 g/mol. The number of hydrogen-bond acceptors (Lipinski definition) is 4. The molecule has 0 bridgehead atoms. The smallest absolute Gasteiger partial charge is 0.348 e. The Morgan fingerprint density at radius 2 is 1.96 bits per heavy atom. The Morgan fingerprint density at radius 3 is 2.48 bits per heavy atom. The van der Waals surface area contributed by atoms with Gasteiger partial charge in [0.1, 0.15) is 11.8 Å². The summed E-state index contributed by atoms with van der Waals surface area (Å²) in [5.41, 5.74) is 1.62. The Morgan fingerprint density at radius 1 is 1.30 bits per heavy atom. The highest BCUT2D eigenvalue weighted by molar-refractivity contribution is 5.93. The van der Waals surface area contributed by atoms with Gasteiger partial charge in [0.2, 0.25) is 5.91 Å². The normalized spacial score (nSPS) is 11.8. The summed E-state index contributed by atoms with van der Waals surface area (Å²) in [7, 11) is 1.58. The van der Waals surface area contributed by atoms with Gasteiger partial charge in [0.15, 0.2) is 0 Å². The summed E-state index contributed by atoms with van der Waals surface area (Å²) in [5.74, 6) is 0.471. The van der Waals surface area contributed by atoms with E-state index < -0.39 is 11.7 Å². The van der Waals surface area contributed by atoms with E-state index in [9.17, 15) is 9.59 Å². The van der Waals surface area contributed by atoms with Crippen molar-refractivity contribution in [3.05, 3.63) is 52.2 Å². The molecule has 0 spiro atoms. The number of rotatable bonds is 5. The number of ether oxygens (including phenoxy) is 1. The highest BCUT2D eigenvalue weighted by Gasteiger charge is 2.22. The molecule has 1 heterocycles. The summed E-state index contributed by atoms with van der Waals surface area (Å²) in [5, 5.41) is 2.83. The number of amides is 1. The lowest BCUT2D eigenvalue weighted by Gasteiger charge is -2.20. The Balaban J connectivity index is 2.26. The maximum atomic E-state index is 12.6. The standard InChI is InChI=1S/C17H21N3O3/c1-5-15(20-12(3)10-11(2)18-17(20)22)16(21)19-13-6-8-14(23-4)9-7-13/h6-10,15H,5H2,1-4H3,(H,19,21). The highest BCUT2D eigenvalue weighted by Crippen LogP contribution is 2.18. The number of nitrogens with zero attached hydrogens (tertiary/aromatic N) is 2. The molecule has 1 aromatic heterocycles. The summed E-state index contributed by atoms with van der Waals surface area (Å²) in [6.45, 7) is 5.43. The van der Waals surface area contributed by atoms with Crippen molar-refractivity contribution in [2.45, 2.75) is 33.2 Å². The second kappa shape index (κ2) is 7.09. The molecule has 0 aliphatic carbocycles. The summed E-state index contributed by atoms with van der Waals surface area (Å²) in [4.78, 5) is 28.6. The van der Waals surface area contributed by atoms with Gasteiger partial charge in [-0.05, 0) is 50.6 Å². The molecule has 0 saturated heterocycles. The van der Waals surface area contributed by atoms with E-state index in [0.717, 1.165) is 5.69 Å². The molecular formula is C17H21N3O3. The second-order valence-corrected chi connectivity index (χ2v) is 5.33. The first-order valence-corrected chi connectivity index (χ1v) is 7.48. The van der Waals surface area contributed by atoms with Crippen molar-refractivity contribution in [2.24, 2.45) is 0 Å². The summed E-state index contributed by atoms with van der Waals surface area (Å²) < 4.78 is 6.52. The van der Waals surface area contributed by atoms with Gasteiger partial charge in [-0.25, -0.2) is 4.79 Å². The van der Waals surface area contributed by atoms with Crippen LogP contribution >= 0.6 is 0 Å². The van der Waals surface area contributed by atoms with E-state index >= 15 is 0 Å². The zero-order valence-corrected chi connectivity index (χ0v) is 13.8. The molecule has 1 N–H and O–H groups in total. The summed E-state index contributed by atoms with van der Waals surface area (Å²) in [6, 6.07) is 8.24. The zero-order valence-electron chi connectivity index (χ0n) is 13.8. The van der Waals surface area contributed by atoms with E-state index in [-0.39, 0.29) is 5.91 Å². The van der Waals surface area contributed by atoms with Crippen LogP contribution in [0.5, 0.6) is 5.75 Å². The van der Waals surface area contributed by atoms with Crippen LogP contribution in [0.2, 0.25) is 0 Å². The van der Waals surface area contributed by atoms with Gasteiger partial charge in [0, 0.05) is 17.1 Å². The average Bonchev–Trinajstić information content (AvgIpc) is 2.51. The molecule has 6 nitrogen and oxygen atoms in total. The van der Waals surface area contributed by atoms with E-state index in [4.69, 9.17) is 4.74 Å². The van der Waals surface area contributed by atoms with Crippen LogP contribution in [0.4, 0.5) is 5.69 Å². The van der Waals surface area contributed by atoms with Crippen LogP contribution in [0.1, 0.15) is 30.8 Å². The molecule has 0 radical (unpaired) electrons. The van der Waals surface area contributed by atoms with Gasteiger partial charge in [0.05, 0.1) is 7.11 Å². The number of aromatic nitrogens is 2. The average molecular weight is 315 g/mol. The summed E-state index contributed by atoms with van der Waals surface area (Å²) in [6.07, 6.45) is 0.494. The van der Waals surface area contributed by atoms with E-state index in [0.29, 0.717) is 23.6 Å². The topological polar surface area (TPSA) is 73.2 Å². The maximum Gasteiger partial charge on any atom is 0.348 e. The first-order chi connectivity index (χ1) is 11.0. The number of hydrogen-bond donors (Lipinski definition) is 1. The molecule has 1 aromatic carbocycles. The molecule has 2 rings (SSSR count). The minimum atomic E-state index is -0.599. The van der Waals surface area contributed by atoms with Crippen molar-refractivity contribution in [1.29, 1.82) is 0 Å². The van der Waals surface area contributed by atoms with E-state index in [1.165, 1.54) is 4.57 Å². The van der Waals surface area contributed by atoms with Crippen LogP contribution in [-0.2, 0) is 4.79 Å². The number of aryl methyl sites for hydroxylation is 2. The molecule has 0 aliphatic rings. The zero-order chi connectivity index (χ0) is 17.0. The molecule has 0 aliphatic heterocycles. The third-order valence-corrected chi connectivity index (χ3v) is 3.63. The van der Waals surface area contributed by atoms with Gasteiger partial charge < -0.3 is 10.1 Å². The molecule has 122 valence electrons. The minimum absolute atomic E-state index is 0.242. The lowest BCUT2D eigenvalue weighted by atomic mass is 10.1. The highest BCUT2D eigenvalue weighted by atomic mass is 16.5. The molecular weight excluding hydrogens is 294 g/mol. The molecule has 1 unspecified atom stereocenters. The SMILES string of the molecule is CCC(C(=O)Nc1ccc(OC)cc1)n1c(C)cc(C)nc1=O. The van der Waals surface area contributed by atoms with Crippen LogP contribution in [0.3, 0.4) is 0 Å². The Labute approximate surface area is 135 Å². The number of carbonyl (C=O) groups is 1. The predicted molar refractivity (Wildman–Crippen MR) is 88.9 cm³/mol. The van der Waals surface area contributed by atoms with Crippen molar-refractivity contribution in [3.63, 3.8) is 0 Å². The Bertz CT molecular complexity index is 751. The van der Waals surface area contributed by atoms with Gasteiger partial charge in [-0.1, -0.05) is 6.92 Å². The molecule has 1 amide bonds. The number of methoxy groups -OCH3 is 1. The first-order valence-electron chi connectivity index (χ1n) is 7.48. The molecule has 0 saturated carbocycles. The number of carbonyl (C=O) groups excluding carboxylic acids is 1. The molecule has 0 fully saturated rings. The van der Waals surface area contributed by atoms with E-state index in [1.54, 1.807) is 51.3 Å². The van der Waals surface area contributed by atoms with Gasteiger partial charge in [-0.15, -0.1) is 0 Å². The van der Waals surface area contributed by atoms with Crippen molar-refractivity contribution in [2.75, 3.05) is 12.4 Å². The van der Waals surface area contributed by atoms with Crippen molar-refractivity contribution < 1.29 is 9.53 Å². The van der Waals surface area contributed by atoms with E-state index in [1.807, 2.05) is 6.92 Å². The Kier molecular flexibility index (Phi) is 5.16. The summed E-state index contributed by atoms with van der Waals surface area (Å²) >= 11 is 0. The number of nitrogens with one attached hydrogen (secondary N) is 1. The predicted octanol–water partition coefficient (Wildman–Crippen LogP) is 2.46. The van der Waals surface area contributed by atoms with Crippen LogP contribution in [0.15, 0.2) is 35.1 Å². The maximum absolute atomic E-state index is 12.6. The van der Waals surface area contributed by atoms with Gasteiger partial charge in [0.25, 0.3) is 0 Å². The van der Waals surface area contributed by atoms with Crippen LogP contribution < -0.4 is 15.7 Å². The lowest BCUT2D eigenvalue weighted by Crippen LogP contribution is -2.36. The quantitative estimate of drug-likeness (QED) is 0.920. The minimum Gasteiger partial charge on any atom is -0.497 e. The van der Waals surface area contributed by atoms with Crippen LogP contribution in [0, 0.1) is 13.8 Å². The van der Waals surface area contributed by atoms with E-state index in [2.05, 4.69) is 10.3 Å². The molecule has 2 aromatic rings. The second-order valence-electron chi connectivity index (χ2n) is 5.33. The fourth-order valence-electron chi connectivity index (χ4n) is 2.52. The molecule has 6 heteroatoms. The third kappa shape index (κ3) is 3.77. The lowest BCUT2D eigenvalue weighted by molar-refractivity contribution is -0.119. The van der Waals surface area contributed by atoms with Gasteiger partial charge in [-0.3, -0.25) is 9.36 Å². The first kappa shape index (κ1) is 16.7. The van der Waals surface area contributed by atoms with Gasteiger partial charge in [-0.2, -0.15) is 4.98 Å². The molecule has 23 heavy (non-hydrogen) atoms. The van der Waals surface area contributed by atoms with Crippen LogP contribution in [0.25, 0.3) is 0 Å². The van der Waals surface area contributed by atoms with Crippen molar-refractivity contribution in [1.82, 2.24) is 9.55 Å². The molecule has 1 atom stereocenters. The third-order valence-electron chi connectivity index (χ3n) is 3.63. The van der Waals surface area contributed by atoms with Crippen molar-refractivity contribution >= 4 is 11.6 Å². The van der Waals surface area contributed by atoms with Crippen LogP contribution in [-0.4, -0.2) is 22.6 Å². The fourth-order valence-corrected chi connectivity index (χ4v) is 2.52. The largest absolute Gasteiger partial charge is 0.497 e. The Hall–Kier alpha value is -2.63. The number of benzene rings is 1. The number of anilines is 1. The fraction of sp³-hybridized carbons (Fsp3) is 0.353. The van der Waals surface area contributed by atoms with Crippen molar-refractivity contribution in [3.8, 4) is 5.75 Å². The van der Waals surface area contributed by atoms with Gasteiger partial charge >= 0.3 is 5.69 Å².